The Kier molecular flexibility index (Phi) is 4.42. The summed E-state index contributed by atoms with van der Waals surface area (Å²) in [4.78, 5) is 22.4. The molecule has 5 nitrogen and oxygen atoms in total. The van der Waals surface area contributed by atoms with Gasteiger partial charge in [-0.1, -0.05) is 12.1 Å². The van der Waals surface area contributed by atoms with Crippen LogP contribution in [0.1, 0.15) is 23.2 Å². The molecular weight excluding hydrogens is 316 g/mol. The van der Waals surface area contributed by atoms with Gasteiger partial charge in [0.05, 0.1) is 7.11 Å². The number of aromatic nitrogens is 2. The molecule has 24 heavy (non-hydrogen) atoms. The molecule has 1 aliphatic rings. The second-order valence-corrected chi connectivity index (χ2v) is 5.64. The number of nitrogens with zero attached hydrogens (tertiary/aromatic N) is 3. The Balaban J connectivity index is 1.84. The van der Waals surface area contributed by atoms with Crippen molar-refractivity contribution in [2.45, 2.75) is 18.8 Å². The second-order valence-electron chi connectivity index (χ2n) is 5.64. The topological polar surface area (TPSA) is 55.3 Å². The third-order valence-corrected chi connectivity index (χ3v) is 4.02. The number of hydrogen-bond donors (Lipinski definition) is 0. The standard InChI is InChI=1S/C17H17F2N3O2/c1-24-15-14(20-7-8-21-15)12-3-2-4-13(11-12)16(23)22-9-5-17(18,19)6-10-22/h2-4,7-8,11H,5-6,9-10H2,1H3. The smallest absolute Gasteiger partial charge is 0.253 e. The molecule has 1 aliphatic heterocycles. The Morgan fingerprint density at radius 3 is 2.62 bits per heavy atom. The van der Waals surface area contributed by atoms with Crippen molar-refractivity contribution in [3.05, 3.63) is 42.2 Å². The lowest BCUT2D eigenvalue weighted by Gasteiger charge is -2.31. The first-order chi connectivity index (χ1) is 11.5. The number of likely N-dealkylation sites (tertiary alicyclic amines) is 1. The van der Waals surface area contributed by atoms with E-state index < -0.39 is 5.92 Å². The Morgan fingerprint density at radius 1 is 1.21 bits per heavy atom. The van der Waals surface area contributed by atoms with Gasteiger partial charge in [0.15, 0.2) is 0 Å². The number of hydrogen-bond acceptors (Lipinski definition) is 4. The van der Waals surface area contributed by atoms with E-state index in [0.717, 1.165) is 0 Å². The molecule has 3 rings (SSSR count). The van der Waals surface area contributed by atoms with Gasteiger partial charge in [-0.25, -0.2) is 18.7 Å². The molecule has 0 unspecified atom stereocenters. The average molecular weight is 333 g/mol. The number of carbonyl (C=O) groups excluding carboxylic acids is 1. The van der Waals surface area contributed by atoms with Crippen LogP contribution in [0.25, 0.3) is 11.3 Å². The molecule has 0 atom stereocenters. The van der Waals surface area contributed by atoms with Crippen LogP contribution in [0.4, 0.5) is 8.78 Å². The van der Waals surface area contributed by atoms with Crippen molar-refractivity contribution >= 4 is 5.91 Å². The zero-order chi connectivity index (χ0) is 17.2. The number of benzene rings is 1. The summed E-state index contributed by atoms with van der Waals surface area (Å²) in [6.07, 6.45) is 2.47. The lowest BCUT2D eigenvalue weighted by Crippen LogP contribution is -2.42. The molecule has 2 heterocycles. The van der Waals surface area contributed by atoms with Crippen LogP contribution >= 0.6 is 0 Å². The molecule has 126 valence electrons. The highest BCUT2D eigenvalue weighted by molar-refractivity contribution is 5.95. The molecule has 0 spiro atoms. The SMILES string of the molecule is COc1nccnc1-c1cccc(C(=O)N2CCC(F)(F)CC2)c1. The maximum Gasteiger partial charge on any atom is 0.253 e. The van der Waals surface area contributed by atoms with Crippen LogP contribution in [-0.2, 0) is 0 Å². The quantitative estimate of drug-likeness (QED) is 0.866. The number of piperidine rings is 1. The van der Waals surface area contributed by atoms with Gasteiger partial charge in [0, 0.05) is 49.5 Å². The summed E-state index contributed by atoms with van der Waals surface area (Å²) in [6, 6.07) is 6.88. The van der Waals surface area contributed by atoms with Gasteiger partial charge in [-0.2, -0.15) is 0 Å². The van der Waals surface area contributed by atoms with E-state index in [0.29, 0.717) is 22.7 Å². The van der Waals surface area contributed by atoms with Crippen LogP contribution in [-0.4, -0.2) is 46.9 Å². The number of methoxy groups -OCH3 is 1. The summed E-state index contributed by atoms with van der Waals surface area (Å²) in [5.41, 5.74) is 1.65. The second kappa shape index (κ2) is 6.51. The average Bonchev–Trinajstić information content (AvgIpc) is 2.61. The molecule has 0 N–H and O–H groups in total. The van der Waals surface area contributed by atoms with E-state index in [2.05, 4.69) is 9.97 Å². The van der Waals surface area contributed by atoms with Crippen LogP contribution in [0.5, 0.6) is 5.88 Å². The van der Waals surface area contributed by atoms with E-state index in [-0.39, 0.29) is 31.8 Å². The molecule has 0 bridgehead atoms. The minimum atomic E-state index is -2.67. The van der Waals surface area contributed by atoms with E-state index in [4.69, 9.17) is 4.74 Å². The van der Waals surface area contributed by atoms with Gasteiger partial charge in [-0.05, 0) is 12.1 Å². The molecule has 1 saturated heterocycles. The summed E-state index contributed by atoms with van der Waals surface area (Å²) in [5.74, 6) is -2.57. The summed E-state index contributed by atoms with van der Waals surface area (Å²) >= 11 is 0. The normalized spacial score (nSPS) is 16.7. The highest BCUT2D eigenvalue weighted by atomic mass is 19.3. The first-order valence-corrected chi connectivity index (χ1v) is 7.63. The fourth-order valence-corrected chi connectivity index (χ4v) is 2.69. The van der Waals surface area contributed by atoms with Crippen LogP contribution in [0, 0.1) is 0 Å². The number of rotatable bonds is 3. The minimum absolute atomic E-state index is 0.0600. The fraction of sp³-hybridized carbons (Fsp3) is 0.353. The van der Waals surface area contributed by atoms with Gasteiger partial charge in [0.2, 0.25) is 5.88 Å². The molecule has 1 aromatic heterocycles. The van der Waals surface area contributed by atoms with Gasteiger partial charge in [0.25, 0.3) is 11.8 Å². The van der Waals surface area contributed by atoms with E-state index in [1.807, 2.05) is 0 Å². The molecule has 0 radical (unpaired) electrons. The van der Waals surface area contributed by atoms with Crippen molar-refractivity contribution in [2.75, 3.05) is 20.2 Å². The predicted octanol–water partition coefficient (Wildman–Crippen LogP) is 3.02. The summed E-state index contributed by atoms with van der Waals surface area (Å²) < 4.78 is 31.7. The van der Waals surface area contributed by atoms with E-state index in [1.54, 1.807) is 30.5 Å². The van der Waals surface area contributed by atoms with Crippen molar-refractivity contribution in [1.82, 2.24) is 14.9 Å². The lowest BCUT2D eigenvalue weighted by atomic mass is 10.0. The van der Waals surface area contributed by atoms with E-state index in [9.17, 15) is 13.6 Å². The van der Waals surface area contributed by atoms with E-state index in [1.165, 1.54) is 18.2 Å². The van der Waals surface area contributed by atoms with Crippen molar-refractivity contribution in [2.24, 2.45) is 0 Å². The molecule has 7 heteroatoms. The number of amides is 1. The minimum Gasteiger partial charge on any atom is -0.479 e. The van der Waals surface area contributed by atoms with Crippen molar-refractivity contribution in [1.29, 1.82) is 0 Å². The predicted molar refractivity (Wildman–Crippen MR) is 84.1 cm³/mol. The Bertz CT molecular complexity index is 742. The van der Waals surface area contributed by atoms with Crippen LogP contribution in [0.3, 0.4) is 0 Å². The lowest BCUT2D eigenvalue weighted by molar-refractivity contribution is -0.0494. The summed E-state index contributed by atoms with van der Waals surface area (Å²) in [6.45, 7) is 0.120. The van der Waals surface area contributed by atoms with E-state index >= 15 is 0 Å². The van der Waals surface area contributed by atoms with Gasteiger partial charge in [0.1, 0.15) is 5.69 Å². The summed E-state index contributed by atoms with van der Waals surface area (Å²) in [5, 5.41) is 0. The van der Waals surface area contributed by atoms with Gasteiger partial charge >= 0.3 is 0 Å². The largest absolute Gasteiger partial charge is 0.479 e. The highest BCUT2D eigenvalue weighted by Gasteiger charge is 2.35. The van der Waals surface area contributed by atoms with Gasteiger partial charge in [-0.15, -0.1) is 0 Å². The van der Waals surface area contributed by atoms with Crippen LogP contribution < -0.4 is 4.74 Å². The van der Waals surface area contributed by atoms with Crippen molar-refractivity contribution in [3.63, 3.8) is 0 Å². The monoisotopic (exact) mass is 333 g/mol. The maximum absolute atomic E-state index is 13.2. The summed E-state index contributed by atoms with van der Waals surface area (Å²) in [7, 11) is 1.50. The number of halogens is 2. The van der Waals surface area contributed by atoms with Gasteiger partial charge in [-0.3, -0.25) is 4.79 Å². The van der Waals surface area contributed by atoms with Gasteiger partial charge < -0.3 is 9.64 Å². The molecule has 2 aromatic rings. The number of ether oxygens (including phenoxy) is 1. The van der Waals surface area contributed by atoms with Crippen molar-refractivity contribution in [3.8, 4) is 17.1 Å². The van der Waals surface area contributed by atoms with Crippen molar-refractivity contribution < 1.29 is 18.3 Å². The molecule has 0 saturated carbocycles. The zero-order valence-electron chi connectivity index (χ0n) is 13.2. The Labute approximate surface area is 138 Å². The molecule has 1 fully saturated rings. The highest BCUT2D eigenvalue weighted by Crippen LogP contribution is 2.29. The van der Waals surface area contributed by atoms with Crippen LogP contribution in [0.15, 0.2) is 36.7 Å². The first-order valence-electron chi connectivity index (χ1n) is 7.63. The molecule has 1 aromatic carbocycles. The fourth-order valence-electron chi connectivity index (χ4n) is 2.69. The number of carbonyl (C=O) groups is 1. The van der Waals surface area contributed by atoms with Crippen LogP contribution in [0.2, 0.25) is 0 Å². The zero-order valence-corrected chi connectivity index (χ0v) is 13.2. The molecular formula is C17H17F2N3O2. The Hall–Kier alpha value is -2.57. The third kappa shape index (κ3) is 3.34. The number of alkyl halides is 2. The third-order valence-electron chi connectivity index (χ3n) is 4.02. The Morgan fingerprint density at radius 2 is 1.92 bits per heavy atom. The molecule has 1 amide bonds. The first kappa shape index (κ1) is 16.3. The molecule has 0 aliphatic carbocycles. The maximum atomic E-state index is 13.2.